The Morgan fingerprint density at radius 1 is 1.03 bits per heavy atom. The van der Waals surface area contributed by atoms with Crippen LogP contribution in [0.5, 0.6) is 11.5 Å². The van der Waals surface area contributed by atoms with E-state index in [0.29, 0.717) is 5.75 Å². The van der Waals surface area contributed by atoms with Gasteiger partial charge in [-0.2, -0.15) is 0 Å². The number of ether oxygens (including phenoxy) is 1. The molecule has 152 valence electrons. The van der Waals surface area contributed by atoms with Crippen LogP contribution in [0, 0.1) is 11.8 Å². The predicted octanol–water partition coefficient (Wildman–Crippen LogP) is 1.93. The third kappa shape index (κ3) is 5.74. The van der Waals surface area contributed by atoms with Gasteiger partial charge in [-0.05, 0) is 36.4 Å². The van der Waals surface area contributed by atoms with Crippen LogP contribution in [0.1, 0.15) is 22.6 Å². The summed E-state index contributed by atoms with van der Waals surface area (Å²) in [5.74, 6) is 5.49. The summed E-state index contributed by atoms with van der Waals surface area (Å²) in [4.78, 5) is 23.0. The van der Waals surface area contributed by atoms with Crippen LogP contribution in [0.15, 0.2) is 69.9 Å². The molecule has 0 bridgehead atoms. The van der Waals surface area contributed by atoms with Crippen molar-refractivity contribution in [1.82, 2.24) is 5.32 Å². The average molecular weight is 405 g/mol. The zero-order chi connectivity index (χ0) is 21.3. The van der Waals surface area contributed by atoms with Crippen molar-refractivity contribution in [2.75, 3.05) is 6.61 Å². The van der Waals surface area contributed by atoms with Gasteiger partial charge in [-0.3, -0.25) is 9.59 Å². The summed E-state index contributed by atoms with van der Waals surface area (Å²) in [5, 5.41) is 20.8. The van der Waals surface area contributed by atoms with Crippen LogP contribution >= 0.6 is 0 Å². The van der Waals surface area contributed by atoms with Gasteiger partial charge in [0.1, 0.15) is 24.7 Å². The van der Waals surface area contributed by atoms with E-state index in [1.54, 1.807) is 12.1 Å². The number of aromatic hydroxyl groups is 1. The van der Waals surface area contributed by atoms with Crippen molar-refractivity contribution < 1.29 is 24.2 Å². The topological polar surface area (TPSA) is 109 Å². The molecule has 1 heterocycles. The quantitative estimate of drug-likeness (QED) is 0.541. The van der Waals surface area contributed by atoms with E-state index in [1.165, 1.54) is 0 Å². The van der Waals surface area contributed by atoms with Gasteiger partial charge in [-0.25, -0.2) is 0 Å². The summed E-state index contributed by atoms with van der Waals surface area (Å²) in [5.41, 5.74) is 1.09. The standard InChI is InChI=1S/C23H19NO6/c25-14-22(27)24-13-21-23(28)20(26)12-19(30-21)15-29-18-10-8-17(9-11-18)7-6-16-4-2-1-3-5-16/h1-5,8-12,25,28H,13-15H2,(H,24,27). The summed E-state index contributed by atoms with van der Waals surface area (Å²) in [6, 6.07) is 17.9. The minimum absolute atomic E-state index is 0.0501. The van der Waals surface area contributed by atoms with Crippen molar-refractivity contribution in [1.29, 1.82) is 0 Å². The Morgan fingerprint density at radius 3 is 2.37 bits per heavy atom. The zero-order valence-electron chi connectivity index (χ0n) is 15.9. The average Bonchev–Trinajstić information content (AvgIpc) is 2.78. The second-order valence-corrected chi connectivity index (χ2v) is 6.21. The number of benzene rings is 2. The molecule has 0 saturated carbocycles. The lowest BCUT2D eigenvalue weighted by atomic mass is 10.2. The minimum Gasteiger partial charge on any atom is -0.502 e. The first-order valence-electron chi connectivity index (χ1n) is 9.07. The molecule has 3 aromatic rings. The highest BCUT2D eigenvalue weighted by Crippen LogP contribution is 2.17. The van der Waals surface area contributed by atoms with Gasteiger partial charge in [0.15, 0.2) is 5.76 Å². The Morgan fingerprint density at radius 2 is 1.70 bits per heavy atom. The first kappa shape index (κ1) is 20.7. The van der Waals surface area contributed by atoms with Crippen LogP contribution in [0.25, 0.3) is 0 Å². The number of hydrogen-bond donors (Lipinski definition) is 3. The molecule has 0 aliphatic rings. The van der Waals surface area contributed by atoms with Crippen molar-refractivity contribution in [3.05, 3.63) is 93.5 Å². The van der Waals surface area contributed by atoms with Gasteiger partial charge in [0, 0.05) is 17.2 Å². The number of aliphatic hydroxyl groups is 1. The molecule has 30 heavy (non-hydrogen) atoms. The maximum atomic E-state index is 11.9. The van der Waals surface area contributed by atoms with Crippen LogP contribution in [0.4, 0.5) is 0 Å². The highest BCUT2D eigenvalue weighted by atomic mass is 16.5. The molecule has 2 aromatic carbocycles. The predicted molar refractivity (Wildman–Crippen MR) is 109 cm³/mol. The van der Waals surface area contributed by atoms with E-state index >= 15 is 0 Å². The Bertz CT molecular complexity index is 1120. The Kier molecular flexibility index (Phi) is 6.87. The molecule has 3 rings (SSSR count). The van der Waals surface area contributed by atoms with Crippen LogP contribution in [0.2, 0.25) is 0 Å². The highest BCUT2D eigenvalue weighted by Gasteiger charge is 2.12. The number of carbonyl (C=O) groups is 1. The third-order valence-corrected chi connectivity index (χ3v) is 3.99. The van der Waals surface area contributed by atoms with E-state index < -0.39 is 23.7 Å². The van der Waals surface area contributed by atoms with Gasteiger partial charge < -0.3 is 24.7 Å². The zero-order valence-corrected chi connectivity index (χ0v) is 15.9. The fraction of sp³-hybridized carbons (Fsp3) is 0.130. The molecule has 0 aliphatic carbocycles. The molecular formula is C23H19NO6. The van der Waals surface area contributed by atoms with E-state index in [4.69, 9.17) is 14.3 Å². The van der Waals surface area contributed by atoms with E-state index in [0.717, 1.165) is 17.2 Å². The molecule has 0 atom stereocenters. The Hall–Kier alpha value is -4.02. The lowest BCUT2D eigenvalue weighted by Gasteiger charge is -2.09. The van der Waals surface area contributed by atoms with Crippen molar-refractivity contribution >= 4 is 5.91 Å². The van der Waals surface area contributed by atoms with Gasteiger partial charge in [0.05, 0.1) is 6.54 Å². The summed E-state index contributed by atoms with van der Waals surface area (Å²) in [6.45, 7) is -0.992. The monoisotopic (exact) mass is 405 g/mol. The SMILES string of the molecule is O=C(CO)NCc1oc(COc2ccc(C#Cc3ccccc3)cc2)cc(=O)c1O. The van der Waals surface area contributed by atoms with Crippen LogP contribution < -0.4 is 15.5 Å². The maximum Gasteiger partial charge on any atom is 0.246 e. The van der Waals surface area contributed by atoms with Gasteiger partial charge >= 0.3 is 0 Å². The first-order valence-corrected chi connectivity index (χ1v) is 9.07. The molecule has 0 fully saturated rings. The third-order valence-electron chi connectivity index (χ3n) is 3.99. The number of carbonyl (C=O) groups excluding carboxylic acids is 1. The van der Waals surface area contributed by atoms with Crippen LogP contribution in [-0.2, 0) is 17.9 Å². The molecule has 7 nitrogen and oxygen atoms in total. The molecule has 3 N–H and O–H groups in total. The van der Waals surface area contributed by atoms with E-state index in [-0.39, 0.29) is 24.7 Å². The number of rotatable bonds is 6. The van der Waals surface area contributed by atoms with E-state index in [2.05, 4.69) is 17.2 Å². The first-order chi connectivity index (χ1) is 14.5. The number of nitrogens with one attached hydrogen (secondary N) is 1. The van der Waals surface area contributed by atoms with Gasteiger partial charge in [0.25, 0.3) is 0 Å². The Labute approximate surface area is 172 Å². The van der Waals surface area contributed by atoms with Crippen molar-refractivity contribution in [3.63, 3.8) is 0 Å². The van der Waals surface area contributed by atoms with E-state index in [9.17, 15) is 14.7 Å². The summed E-state index contributed by atoms with van der Waals surface area (Å²) < 4.78 is 11.0. The Balaban J connectivity index is 1.64. The smallest absolute Gasteiger partial charge is 0.246 e. The van der Waals surface area contributed by atoms with Gasteiger partial charge in [-0.15, -0.1) is 0 Å². The second kappa shape index (κ2) is 9.96. The highest BCUT2D eigenvalue weighted by molar-refractivity contribution is 5.76. The van der Waals surface area contributed by atoms with Crippen LogP contribution in [-0.4, -0.2) is 22.7 Å². The molecule has 1 amide bonds. The van der Waals surface area contributed by atoms with Gasteiger partial charge in [0.2, 0.25) is 17.1 Å². The molecular weight excluding hydrogens is 386 g/mol. The molecule has 0 aliphatic heterocycles. The molecule has 0 radical (unpaired) electrons. The summed E-state index contributed by atoms with van der Waals surface area (Å²) in [7, 11) is 0. The number of hydrogen-bond acceptors (Lipinski definition) is 6. The fourth-order valence-corrected chi connectivity index (χ4v) is 2.47. The van der Waals surface area contributed by atoms with Crippen molar-refractivity contribution in [3.8, 4) is 23.3 Å². The summed E-state index contributed by atoms with van der Waals surface area (Å²) >= 11 is 0. The molecule has 1 aromatic heterocycles. The fourth-order valence-electron chi connectivity index (χ4n) is 2.47. The van der Waals surface area contributed by atoms with Crippen LogP contribution in [0.3, 0.4) is 0 Å². The molecule has 0 saturated heterocycles. The van der Waals surface area contributed by atoms with Gasteiger partial charge in [-0.1, -0.05) is 30.0 Å². The van der Waals surface area contributed by atoms with E-state index in [1.807, 2.05) is 42.5 Å². The second-order valence-electron chi connectivity index (χ2n) is 6.21. The lowest BCUT2D eigenvalue weighted by molar-refractivity contribution is -0.124. The summed E-state index contributed by atoms with van der Waals surface area (Å²) in [6.07, 6.45) is 0. The molecule has 0 unspecified atom stereocenters. The number of amides is 1. The number of aliphatic hydroxyl groups excluding tert-OH is 1. The normalized spacial score (nSPS) is 10.0. The van der Waals surface area contributed by atoms with Crippen molar-refractivity contribution in [2.45, 2.75) is 13.2 Å². The lowest BCUT2D eigenvalue weighted by Crippen LogP contribution is -2.26. The maximum absolute atomic E-state index is 11.9. The van der Waals surface area contributed by atoms with Crippen molar-refractivity contribution in [2.24, 2.45) is 0 Å². The minimum atomic E-state index is -0.709. The molecule has 7 heteroatoms. The largest absolute Gasteiger partial charge is 0.502 e. The molecule has 0 spiro atoms.